The smallest absolute Gasteiger partial charge is 0.316 e. The zero-order chi connectivity index (χ0) is 15.1. The molecule has 106 valence electrons. The van der Waals surface area contributed by atoms with Crippen LogP contribution in [0.5, 0.6) is 0 Å². The van der Waals surface area contributed by atoms with E-state index < -0.39 is 11.2 Å². The lowest BCUT2D eigenvalue weighted by Crippen LogP contribution is -2.19. The molecular formula is C16H14N2O2S. The number of pyridine rings is 1. The van der Waals surface area contributed by atoms with Crippen molar-refractivity contribution in [3.8, 4) is 6.07 Å². The molecule has 2 aromatic rings. The van der Waals surface area contributed by atoms with Gasteiger partial charge in [0.15, 0.2) is 0 Å². The average Bonchev–Trinajstić information content (AvgIpc) is 2.52. The number of hydrogen-bond donors (Lipinski definition) is 1. The van der Waals surface area contributed by atoms with Gasteiger partial charge in [0.25, 0.3) is 0 Å². The molecule has 0 amide bonds. The predicted molar refractivity (Wildman–Crippen MR) is 81.8 cm³/mol. The fourth-order valence-electron chi connectivity index (χ4n) is 1.89. The Labute approximate surface area is 127 Å². The number of benzene rings is 1. The summed E-state index contributed by atoms with van der Waals surface area (Å²) in [4.78, 5) is 15.4. The first-order valence-electron chi connectivity index (χ1n) is 6.43. The molecule has 0 aliphatic carbocycles. The Morgan fingerprint density at radius 1 is 1.29 bits per heavy atom. The van der Waals surface area contributed by atoms with Crippen molar-refractivity contribution in [1.82, 2.24) is 4.98 Å². The molecule has 1 aromatic carbocycles. The molecule has 1 atom stereocenters. The number of hydrogen-bond acceptors (Lipinski definition) is 4. The number of nitriles is 1. The minimum Gasteiger partial charge on any atom is -0.480 e. The van der Waals surface area contributed by atoms with Gasteiger partial charge in [0.2, 0.25) is 0 Å². The van der Waals surface area contributed by atoms with E-state index in [-0.39, 0.29) is 0 Å². The quantitative estimate of drug-likeness (QED) is 0.887. The first kappa shape index (κ1) is 15.1. The summed E-state index contributed by atoms with van der Waals surface area (Å²) in [5, 5.41) is 17.8. The van der Waals surface area contributed by atoms with Gasteiger partial charge in [0.05, 0.1) is 0 Å². The van der Waals surface area contributed by atoms with Gasteiger partial charge in [-0.2, -0.15) is 5.26 Å². The molecule has 4 nitrogen and oxygen atoms in total. The van der Waals surface area contributed by atoms with E-state index in [0.29, 0.717) is 17.9 Å². The lowest BCUT2D eigenvalue weighted by atomic mass is 10.1. The molecule has 21 heavy (non-hydrogen) atoms. The molecule has 1 heterocycles. The van der Waals surface area contributed by atoms with Gasteiger partial charge in [-0.1, -0.05) is 36.4 Å². The number of thioether (sulfide) groups is 1. The van der Waals surface area contributed by atoms with Crippen molar-refractivity contribution in [3.05, 3.63) is 65.5 Å². The SMILES string of the molecule is N#Cc1ncccc1CSC(Cc1ccccc1)C(=O)O. The number of nitrogens with zero attached hydrogens (tertiary/aromatic N) is 2. The Balaban J connectivity index is 2.04. The van der Waals surface area contributed by atoms with Crippen LogP contribution in [0.2, 0.25) is 0 Å². The van der Waals surface area contributed by atoms with Crippen molar-refractivity contribution < 1.29 is 9.90 Å². The van der Waals surface area contributed by atoms with Gasteiger partial charge < -0.3 is 5.11 Å². The van der Waals surface area contributed by atoms with E-state index in [2.05, 4.69) is 4.98 Å². The van der Waals surface area contributed by atoms with Crippen molar-refractivity contribution in [2.24, 2.45) is 0 Å². The van der Waals surface area contributed by atoms with E-state index in [0.717, 1.165) is 11.1 Å². The lowest BCUT2D eigenvalue weighted by molar-refractivity contribution is -0.136. The Kier molecular flexibility index (Phi) is 5.35. The highest BCUT2D eigenvalue weighted by atomic mass is 32.2. The molecule has 1 unspecified atom stereocenters. The lowest BCUT2D eigenvalue weighted by Gasteiger charge is -2.12. The standard InChI is InChI=1S/C16H14N2O2S/c17-10-14-13(7-4-8-18-14)11-21-15(16(19)20)9-12-5-2-1-3-6-12/h1-8,15H,9,11H2,(H,19,20). The van der Waals surface area contributed by atoms with Crippen LogP contribution in [0.3, 0.4) is 0 Å². The van der Waals surface area contributed by atoms with E-state index >= 15 is 0 Å². The number of carbonyl (C=O) groups is 1. The van der Waals surface area contributed by atoms with Crippen LogP contribution in [0.25, 0.3) is 0 Å². The van der Waals surface area contributed by atoms with Gasteiger partial charge in [-0.3, -0.25) is 4.79 Å². The summed E-state index contributed by atoms with van der Waals surface area (Å²) in [5.41, 5.74) is 2.11. The summed E-state index contributed by atoms with van der Waals surface area (Å²) >= 11 is 1.32. The third kappa shape index (κ3) is 4.33. The molecule has 0 spiro atoms. The van der Waals surface area contributed by atoms with Crippen LogP contribution in [-0.4, -0.2) is 21.3 Å². The first-order chi connectivity index (χ1) is 10.2. The number of carboxylic acids is 1. The monoisotopic (exact) mass is 298 g/mol. The summed E-state index contributed by atoms with van der Waals surface area (Å²) in [6.07, 6.45) is 2.02. The van der Waals surface area contributed by atoms with Gasteiger partial charge >= 0.3 is 5.97 Å². The second-order valence-corrected chi connectivity index (χ2v) is 5.64. The van der Waals surface area contributed by atoms with E-state index in [4.69, 9.17) is 5.26 Å². The third-order valence-corrected chi connectivity index (χ3v) is 4.22. The van der Waals surface area contributed by atoms with Crippen LogP contribution >= 0.6 is 11.8 Å². The van der Waals surface area contributed by atoms with Crippen LogP contribution in [0.15, 0.2) is 48.7 Å². The molecule has 0 saturated carbocycles. The Bertz CT molecular complexity index is 653. The topological polar surface area (TPSA) is 74.0 Å². The Morgan fingerprint density at radius 2 is 2.05 bits per heavy atom. The van der Waals surface area contributed by atoms with Crippen LogP contribution in [0.4, 0.5) is 0 Å². The molecule has 0 aliphatic rings. The van der Waals surface area contributed by atoms with Crippen LogP contribution in [0, 0.1) is 11.3 Å². The second kappa shape index (κ2) is 7.46. The maximum absolute atomic E-state index is 11.4. The van der Waals surface area contributed by atoms with E-state index in [9.17, 15) is 9.90 Å². The van der Waals surface area contributed by atoms with Crippen LogP contribution in [-0.2, 0) is 17.0 Å². The molecule has 0 saturated heterocycles. The van der Waals surface area contributed by atoms with Crippen molar-refractivity contribution >= 4 is 17.7 Å². The number of aliphatic carboxylic acids is 1. The van der Waals surface area contributed by atoms with E-state index in [1.54, 1.807) is 18.3 Å². The largest absolute Gasteiger partial charge is 0.480 e. The summed E-state index contributed by atoms with van der Waals surface area (Å²) in [6.45, 7) is 0. The van der Waals surface area contributed by atoms with Crippen molar-refractivity contribution in [2.75, 3.05) is 0 Å². The molecular weight excluding hydrogens is 284 g/mol. The molecule has 2 rings (SSSR count). The highest BCUT2D eigenvalue weighted by molar-refractivity contribution is 7.99. The van der Waals surface area contributed by atoms with Gasteiger partial charge in [-0.25, -0.2) is 4.98 Å². The highest BCUT2D eigenvalue weighted by Gasteiger charge is 2.19. The third-order valence-electron chi connectivity index (χ3n) is 2.98. The highest BCUT2D eigenvalue weighted by Crippen LogP contribution is 2.22. The summed E-state index contributed by atoms with van der Waals surface area (Å²) < 4.78 is 0. The normalized spacial score (nSPS) is 11.6. The molecule has 0 bridgehead atoms. The first-order valence-corrected chi connectivity index (χ1v) is 7.48. The number of carboxylic acid groups (broad SMARTS) is 1. The molecule has 5 heteroatoms. The Morgan fingerprint density at radius 3 is 2.71 bits per heavy atom. The van der Waals surface area contributed by atoms with Crippen LogP contribution < -0.4 is 0 Å². The van der Waals surface area contributed by atoms with Crippen molar-refractivity contribution in [1.29, 1.82) is 5.26 Å². The summed E-state index contributed by atoms with van der Waals surface area (Å²) in [7, 11) is 0. The summed E-state index contributed by atoms with van der Waals surface area (Å²) in [5.74, 6) is -0.383. The van der Waals surface area contributed by atoms with Gasteiger partial charge in [-0.15, -0.1) is 11.8 Å². The average molecular weight is 298 g/mol. The van der Waals surface area contributed by atoms with Crippen molar-refractivity contribution in [3.63, 3.8) is 0 Å². The maximum atomic E-state index is 11.4. The van der Waals surface area contributed by atoms with Gasteiger partial charge in [-0.05, 0) is 23.6 Å². The number of rotatable bonds is 6. The molecule has 1 aromatic heterocycles. The number of aromatic nitrogens is 1. The molecule has 0 radical (unpaired) electrons. The maximum Gasteiger partial charge on any atom is 0.316 e. The molecule has 0 aliphatic heterocycles. The van der Waals surface area contributed by atoms with Gasteiger partial charge in [0, 0.05) is 11.9 Å². The second-order valence-electron chi connectivity index (χ2n) is 4.45. The van der Waals surface area contributed by atoms with Crippen molar-refractivity contribution in [2.45, 2.75) is 17.4 Å². The van der Waals surface area contributed by atoms with Gasteiger partial charge in [0.1, 0.15) is 17.0 Å². The minimum absolute atomic E-state index is 0.355. The van der Waals surface area contributed by atoms with E-state index in [1.807, 2.05) is 36.4 Å². The fourth-order valence-corrected chi connectivity index (χ4v) is 2.96. The molecule has 1 N–H and O–H groups in total. The fraction of sp³-hybridized carbons (Fsp3) is 0.188. The predicted octanol–water partition coefficient (Wildman–Crippen LogP) is 2.88. The van der Waals surface area contributed by atoms with Crippen LogP contribution in [0.1, 0.15) is 16.8 Å². The zero-order valence-corrected chi connectivity index (χ0v) is 12.1. The molecule has 0 fully saturated rings. The Hall–Kier alpha value is -2.32. The minimum atomic E-state index is -0.841. The zero-order valence-electron chi connectivity index (χ0n) is 11.3. The van der Waals surface area contributed by atoms with E-state index in [1.165, 1.54) is 11.8 Å². The summed E-state index contributed by atoms with van der Waals surface area (Å²) in [6, 6.07) is 15.1.